The molecular formula is C72H121O11P. The normalized spacial score (nSPS) is 14.0. The summed E-state index contributed by atoms with van der Waals surface area (Å²) in [4.78, 5) is 48.8. The molecule has 3 unspecified atom stereocenters. The summed E-state index contributed by atoms with van der Waals surface area (Å²) in [5.41, 5.74) is 0. The fourth-order valence-electron chi connectivity index (χ4n) is 8.80. The zero-order chi connectivity index (χ0) is 61.2. The number of allylic oxidation sites excluding steroid dienone is 20. The van der Waals surface area contributed by atoms with Crippen LogP contribution in [0.3, 0.4) is 0 Å². The average molecular weight is 1190 g/mol. The van der Waals surface area contributed by atoms with E-state index in [-0.39, 0.29) is 25.9 Å². The van der Waals surface area contributed by atoms with Crippen LogP contribution < -0.4 is 0 Å². The average Bonchev–Trinajstić information content (AvgIpc) is 3.55. The molecule has 0 bridgehead atoms. The number of carbonyl (C=O) groups is 3. The van der Waals surface area contributed by atoms with Gasteiger partial charge in [0.1, 0.15) is 12.7 Å². The van der Waals surface area contributed by atoms with Crippen molar-refractivity contribution in [1.82, 2.24) is 0 Å². The molecule has 0 saturated heterocycles. The zero-order valence-electron chi connectivity index (χ0n) is 53.3. The third kappa shape index (κ3) is 62.4. The van der Waals surface area contributed by atoms with E-state index in [4.69, 9.17) is 23.3 Å². The Morgan fingerprint density at radius 2 is 0.643 bits per heavy atom. The summed E-state index contributed by atoms with van der Waals surface area (Å²) in [6, 6.07) is 0. The molecule has 0 aliphatic carbocycles. The molecule has 0 fully saturated rings. The van der Waals surface area contributed by atoms with Gasteiger partial charge < -0.3 is 24.2 Å². The van der Waals surface area contributed by atoms with Crippen LogP contribution in [0.15, 0.2) is 122 Å². The minimum atomic E-state index is -4.78. The third-order valence-corrected chi connectivity index (χ3v) is 14.8. The molecule has 3 atom stereocenters. The number of phosphoric acid groups is 1. The van der Waals surface area contributed by atoms with E-state index in [0.29, 0.717) is 19.3 Å². The Labute approximate surface area is 513 Å². The zero-order valence-corrected chi connectivity index (χ0v) is 54.2. The van der Waals surface area contributed by atoms with Gasteiger partial charge in [-0.15, -0.1) is 0 Å². The van der Waals surface area contributed by atoms with Crippen molar-refractivity contribution < 1.29 is 52.2 Å². The molecule has 0 aromatic heterocycles. The predicted molar refractivity (Wildman–Crippen MR) is 353 cm³/mol. The van der Waals surface area contributed by atoms with Gasteiger partial charge in [0.05, 0.1) is 19.8 Å². The molecule has 0 aromatic carbocycles. The van der Waals surface area contributed by atoms with Gasteiger partial charge in [-0.3, -0.25) is 23.4 Å². The van der Waals surface area contributed by atoms with Crippen molar-refractivity contribution in [3.8, 4) is 0 Å². The van der Waals surface area contributed by atoms with E-state index < -0.39 is 57.8 Å². The molecule has 0 heterocycles. The van der Waals surface area contributed by atoms with Crippen molar-refractivity contribution in [2.75, 3.05) is 26.4 Å². The Hall–Kier alpha value is -4.12. The third-order valence-electron chi connectivity index (χ3n) is 13.9. The molecule has 0 spiro atoms. The van der Waals surface area contributed by atoms with E-state index in [2.05, 4.69) is 130 Å². The summed E-state index contributed by atoms with van der Waals surface area (Å²) in [7, 11) is -4.78. The Morgan fingerprint density at radius 1 is 0.345 bits per heavy atom. The van der Waals surface area contributed by atoms with Crippen LogP contribution >= 0.6 is 7.82 Å². The molecule has 12 heteroatoms. The van der Waals surface area contributed by atoms with E-state index in [1.165, 1.54) is 109 Å². The van der Waals surface area contributed by atoms with Crippen molar-refractivity contribution in [3.05, 3.63) is 122 Å². The number of unbranched alkanes of at least 4 members (excludes halogenated alkanes) is 24. The highest BCUT2D eigenvalue weighted by Crippen LogP contribution is 2.43. The molecule has 0 aliphatic heterocycles. The highest BCUT2D eigenvalue weighted by molar-refractivity contribution is 7.47. The molecule has 2 N–H and O–H groups in total. The SMILES string of the molecule is CC/C=C\C/C=C\C/C=C\C/C=C\C/C=C\C/C=C\CCC(=O)OCC(COP(=O)(O)OCC(CO)OC(=O)CCCCCCCCCCC/C=C\CCCCCCCC)OC(=O)CCCCCCCC/C=C\C/C=C\C/C=C\CCCCC. The predicted octanol–water partition coefficient (Wildman–Crippen LogP) is 20.7. The molecule has 11 nitrogen and oxygen atoms in total. The standard InChI is InChI=1S/C72H121O11P/c1-4-7-10-13-16-19-22-25-28-31-34-37-40-43-46-49-52-55-58-61-70(74)79-65-69(83-72(76)63-60-57-54-51-48-45-42-39-36-33-30-27-24-21-18-15-12-9-6-3)67-81-84(77,78)80-66-68(64-73)82-71(75)62-59-56-53-50-47-44-41-38-35-32-29-26-23-20-17-14-11-8-5-2/h7,10,16,18-19,21,25-30,34,36-37,39,43,46,52,55,68-69,73H,4-6,8-9,11-15,17,20,22-24,31-33,35,38,40-42,44-45,47-51,53-54,56-67H2,1-3H3,(H,77,78)/b10-7-,19-16-,21-18-,28-25-,29-26-,30-27-,37-34-,39-36-,46-43-,55-52-. The maximum atomic E-state index is 13.0. The van der Waals surface area contributed by atoms with Gasteiger partial charge >= 0.3 is 25.7 Å². The molecule has 0 radical (unpaired) electrons. The monoisotopic (exact) mass is 1190 g/mol. The van der Waals surface area contributed by atoms with Crippen LogP contribution in [-0.4, -0.2) is 66.5 Å². The minimum absolute atomic E-state index is 0.0928. The number of hydrogen-bond acceptors (Lipinski definition) is 10. The lowest BCUT2D eigenvalue weighted by atomic mass is 10.1. The second-order valence-corrected chi connectivity index (χ2v) is 23.3. The maximum absolute atomic E-state index is 13.0. The van der Waals surface area contributed by atoms with Crippen LogP contribution in [0, 0.1) is 0 Å². The van der Waals surface area contributed by atoms with Crippen molar-refractivity contribution in [3.63, 3.8) is 0 Å². The van der Waals surface area contributed by atoms with Crippen LogP contribution in [0.4, 0.5) is 0 Å². The van der Waals surface area contributed by atoms with Crippen molar-refractivity contribution in [1.29, 1.82) is 0 Å². The lowest BCUT2D eigenvalue weighted by Gasteiger charge is -2.21. The Bertz CT molecular complexity index is 1870. The number of aliphatic hydroxyl groups is 1. The second kappa shape index (κ2) is 64.9. The molecular weight excluding hydrogens is 1070 g/mol. The van der Waals surface area contributed by atoms with Gasteiger partial charge in [0, 0.05) is 19.3 Å². The van der Waals surface area contributed by atoms with E-state index in [1.54, 1.807) is 0 Å². The van der Waals surface area contributed by atoms with E-state index in [0.717, 1.165) is 109 Å². The molecule has 480 valence electrons. The summed E-state index contributed by atoms with van der Waals surface area (Å²) in [5, 5.41) is 9.87. The number of aliphatic hydroxyl groups excluding tert-OH is 1. The van der Waals surface area contributed by atoms with E-state index in [9.17, 15) is 28.9 Å². The Kier molecular flexibility index (Phi) is 61.7. The van der Waals surface area contributed by atoms with E-state index in [1.807, 2.05) is 12.2 Å². The fourth-order valence-corrected chi connectivity index (χ4v) is 9.58. The first-order chi connectivity index (χ1) is 41.2. The van der Waals surface area contributed by atoms with Crippen LogP contribution in [0.25, 0.3) is 0 Å². The van der Waals surface area contributed by atoms with Crippen LogP contribution in [0.1, 0.15) is 278 Å². The number of hydrogen-bond donors (Lipinski definition) is 2. The topological polar surface area (TPSA) is 155 Å². The molecule has 0 amide bonds. The Balaban J connectivity index is 4.81. The van der Waals surface area contributed by atoms with Gasteiger partial charge in [-0.25, -0.2) is 4.57 Å². The summed E-state index contributed by atoms with van der Waals surface area (Å²) in [6.07, 6.45) is 81.6. The van der Waals surface area contributed by atoms with E-state index >= 15 is 0 Å². The maximum Gasteiger partial charge on any atom is 0.472 e. The van der Waals surface area contributed by atoms with Gasteiger partial charge in [0.15, 0.2) is 6.10 Å². The molecule has 84 heavy (non-hydrogen) atoms. The summed E-state index contributed by atoms with van der Waals surface area (Å²) in [5.74, 6) is -1.58. The van der Waals surface area contributed by atoms with Crippen LogP contribution in [0.5, 0.6) is 0 Å². The number of carbonyl (C=O) groups excluding carboxylic acids is 3. The van der Waals surface area contributed by atoms with Gasteiger partial charge in [-0.2, -0.15) is 0 Å². The summed E-state index contributed by atoms with van der Waals surface area (Å²) < 4.78 is 39.7. The number of phosphoric ester groups is 1. The summed E-state index contributed by atoms with van der Waals surface area (Å²) >= 11 is 0. The highest BCUT2D eigenvalue weighted by Gasteiger charge is 2.28. The molecule has 0 aliphatic rings. The lowest BCUT2D eigenvalue weighted by molar-refractivity contribution is -0.161. The van der Waals surface area contributed by atoms with Gasteiger partial charge in [0.2, 0.25) is 0 Å². The molecule has 0 saturated carbocycles. The van der Waals surface area contributed by atoms with Gasteiger partial charge in [-0.05, 0) is 122 Å². The smallest absolute Gasteiger partial charge is 0.462 e. The largest absolute Gasteiger partial charge is 0.472 e. The number of ether oxygens (including phenoxy) is 3. The highest BCUT2D eigenvalue weighted by atomic mass is 31.2. The van der Waals surface area contributed by atoms with Crippen molar-refractivity contribution >= 4 is 25.7 Å². The number of esters is 3. The van der Waals surface area contributed by atoms with Gasteiger partial charge in [-0.1, -0.05) is 258 Å². The quantitative estimate of drug-likeness (QED) is 0.0197. The first kappa shape index (κ1) is 79.9. The molecule has 0 rings (SSSR count). The van der Waals surface area contributed by atoms with Crippen LogP contribution in [0.2, 0.25) is 0 Å². The Morgan fingerprint density at radius 3 is 1.04 bits per heavy atom. The first-order valence-corrected chi connectivity index (χ1v) is 34.9. The van der Waals surface area contributed by atoms with Gasteiger partial charge in [0.25, 0.3) is 0 Å². The summed E-state index contributed by atoms with van der Waals surface area (Å²) in [6.45, 7) is 4.43. The molecule has 0 aromatic rings. The van der Waals surface area contributed by atoms with Crippen molar-refractivity contribution in [2.45, 2.75) is 290 Å². The van der Waals surface area contributed by atoms with Crippen LogP contribution in [-0.2, 0) is 42.2 Å². The fraction of sp³-hybridized carbons (Fsp3) is 0.681. The first-order valence-electron chi connectivity index (χ1n) is 33.4. The number of rotatable bonds is 61. The minimum Gasteiger partial charge on any atom is -0.462 e. The lowest BCUT2D eigenvalue weighted by Crippen LogP contribution is -2.30. The second-order valence-electron chi connectivity index (χ2n) is 21.9. The van der Waals surface area contributed by atoms with Crippen molar-refractivity contribution in [2.24, 2.45) is 0 Å².